The smallest absolute Gasteiger partial charge is 0.306 e. The lowest BCUT2D eigenvalue weighted by Gasteiger charge is -2.31. The highest BCUT2D eigenvalue weighted by molar-refractivity contribution is 7.09. The van der Waals surface area contributed by atoms with Gasteiger partial charge in [0, 0.05) is 24.9 Å². The number of hydrogen-bond donors (Lipinski definition) is 1. The number of halogens is 1. The molecule has 8 heteroatoms. The van der Waals surface area contributed by atoms with E-state index in [9.17, 15) is 14.0 Å². The highest BCUT2D eigenvalue weighted by atomic mass is 32.1. The highest BCUT2D eigenvalue weighted by Crippen LogP contribution is 2.19. The predicted molar refractivity (Wildman–Crippen MR) is 89.2 cm³/mol. The van der Waals surface area contributed by atoms with E-state index in [0.717, 1.165) is 0 Å². The molecule has 0 radical (unpaired) electrons. The number of thiazole rings is 1. The van der Waals surface area contributed by atoms with Crippen molar-refractivity contribution in [3.8, 4) is 0 Å². The van der Waals surface area contributed by atoms with Gasteiger partial charge in [0.15, 0.2) is 0 Å². The van der Waals surface area contributed by atoms with Crippen LogP contribution in [0, 0.1) is 5.82 Å². The van der Waals surface area contributed by atoms with Crippen LogP contribution in [-0.2, 0) is 16.0 Å². The van der Waals surface area contributed by atoms with Crippen LogP contribution in [0.3, 0.4) is 0 Å². The van der Waals surface area contributed by atoms with Gasteiger partial charge in [-0.1, -0.05) is 18.2 Å². The topological polar surface area (TPSA) is 79.7 Å². The largest absolute Gasteiger partial charge is 0.481 e. The number of benzene rings is 1. The predicted octanol–water partition coefficient (Wildman–Crippen LogP) is 2.19. The second-order valence-electron chi connectivity index (χ2n) is 5.74. The van der Waals surface area contributed by atoms with E-state index in [4.69, 9.17) is 9.84 Å². The van der Waals surface area contributed by atoms with Gasteiger partial charge >= 0.3 is 5.97 Å². The fourth-order valence-electron chi connectivity index (χ4n) is 2.68. The van der Waals surface area contributed by atoms with Gasteiger partial charge in [-0.05, 0) is 11.6 Å². The Labute approximate surface area is 147 Å². The van der Waals surface area contributed by atoms with Crippen molar-refractivity contribution in [3.63, 3.8) is 0 Å². The maximum absolute atomic E-state index is 13.7. The van der Waals surface area contributed by atoms with Gasteiger partial charge in [-0.2, -0.15) is 0 Å². The summed E-state index contributed by atoms with van der Waals surface area (Å²) in [7, 11) is 0. The summed E-state index contributed by atoms with van der Waals surface area (Å²) in [6.45, 7) is 0.927. The third-order valence-electron chi connectivity index (χ3n) is 3.90. The van der Waals surface area contributed by atoms with E-state index in [2.05, 4.69) is 4.98 Å². The van der Waals surface area contributed by atoms with Crippen LogP contribution in [0.1, 0.15) is 27.5 Å². The summed E-state index contributed by atoms with van der Waals surface area (Å²) in [6.07, 6.45) is -0.318. The molecule has 1 N–H and O–H groups in total. The lowest BCUT2D eigenvalue weighted by atomic mass is 10.1. The van der Waals surface area contributed by atoms with Crippen LogP contribution in [0.15, 0.2) is 29.6 Å². The number of aromatic nitrogens is 1. The number of rotatable bonds is 5. The number of carbonyl (C=O) groups is 2. The van der Waals surface area contributed by atoms with E-state index >= 15 is 0 Å². The fraction of sp³-hybridized carbons (Fsp3) is 0.353. The van der Waals surface area contributed by atoms with Gasteiger partial charge in [0.05, 0.1) is 24.1 Å². The molecule has 0 bridgehead atoms. The molecule has 3 rings (SSSR count). The molecular formula is C17H17FN2O4S. The van der Waals surface area contributed by atoms with Crippen LogP contribution in [0.4, 0.5) is 4.39 Å². The first-order valence-electron chi connectivity index (χ1n) is 7.83. The van der Waals surface area contributed by atoms with Gasteiger partial charge in [0.1, 0.15) is 11.5 Å². The molecule has 25 heavy (non-hydrogen) atoms. The SMILES string of the molecule is O=C(O)CC1CN(C(=O)c2csc(Cc3ccccc3F)n2)CCO1. The molecule has 0 saturated carbocycles. The van der Waals surface area contributed by atoms with Crippen molar-refractivity contribution in [1.29, 1.82) is 0 Å². The number of aliphatic carboxylic acids is 1. The second kappa shape index (κ2) is 7.71. The number of nitrogens with zero attached hydrogens (tertiary/aromatic N) is 2. The van der Waals surface area contributed by atoms with Crippen molar-refractivity contribution >= 4 is 23.2 Å². The zero-order valence-electron chi connectivity index (χ0n) is 13.4. The summed E-state index contributed by atoms with van der Waals surface area (Å²) in [5.74, 6) is -1.51. The molecule has 0 aliphatic carbocycles. The number of hydrogen-bond acceptors (Lipinski definition) is 5. The third kappa shape index (κ3) is 4.40. The summed E-state index contributed by atoms with van der Waals surface area (Å²) < 4.78 is 19.1. The Morgan fingerprint density at radius 3 is 2.96 bits per heavy atom. The Morgan fingerprint density at radius 1 is 1.40 bits per heavy atom. The van der Waals surface area contributed by atoms with E-state index < -0.39 is 12.1 Å². The molecule has 1 amide bonds. The average molecular weight is 364 g/mol. The monoisotopic (exact) mass is 364 g/mol. The van der Waals surface area contributed by atoms with Crippen molar-refractivity contribution in [3.05, 3.63) is 51.7 Å². The molecule has 1 atom stereocenters. The van der Waals surface area contributed by atoms with Crippen LogP contribution < -0.4 is 0 Å². The summed E-state index contributed by atoms with van der Waals surface area (Å²) in [5.41, 5.74) is 0.830. The minimum Gasteiger partial charge on any atom is -0.481 e. The summed E-state index contributed by atoms with van der Waals surface area (Å²) >= 11 is 1.31. The Morgan fingerprint density at radius 2 is 2.20 bits per heavy atom. The Balaban J connectivity index is 1.66. The van der Waals surface area contributed by atoms with E-state index in [0.29, 0.717) is 35.8 Å². The number of amides is 1. The summed E-state index contributed by atoms with van der Waals surface area (Å²) in [6, 6.07) is 6.47. The Hall–Kier alpha value is -2.32. The van der Waals surface area contributed by atoms with E-state index in [1.165, 1.54) is 17.4 Å². The summed E-state index contributed by atoms with van der Waals surface area (Å²) in [5, 5.41) is 11.2. The van der Waals surface area contributed by atoms with Crippen LogP contribution >= 0.6 is 11.3 Å². The van der Waals surface area contributed by atoms with E-state index in [-0.39, 0.29) is 24.7 Å². The lowest BCUT2D eigenvalue weighted by Crippen LogP contribution is -2.46. The van der Waals surface area contributed by atoms with Gasteiger partial charge in [0.2, 0.25) is 0 Å². The molecule has 1 fully saturated rings. The normalized spacial score (nSPS) is 17.5. The number of ether oxygens (including phenoxy) is 1. The fourth-order valence-corrected chi connectivity index (χ4v) is 3.47. The van der Waals surface area contributed by atoms with Crippen LogP contribution in [0.2, 0.25) is 0 Å². The van der Waals surface area contributed by atoms with Crippen LogP contribution in [0.25, 0.3) is 0 Å². The molecule has 132 valence electrons. The first-order valence-corrected chi connectivity index (χ1v) is 8.71. The number of carboxylic acids is 1. The quantitative estimate of drug-likeness (QED) is 0.880. The van der Waals surface area contributed by atoms with E-state index in [1.54, 1.807) is 28.5 Å². The molecule has 1 aliphatic rings. The van der Waals surface area contributed by atoms with Gasteiger partial charge in [-0.3, -0.25) is 9.59 Å². The van der Waals surface area contributed by atoms with Crippen molar-refractivity contribution in [2.24, 2.45) is 0 Å². The minimum absolute atomic E-state index is 0.140. The van der Waals surface area contributed by atoms with Gasteiger partial charge < -0.3 is 14.7 Å². The molecular weight excluding hydrogens is 347 g/mol. The van der Waals surface area contributed by atoms with Crippen molar-refractivity contribution in [1.82, 2.24) is 9.88 Å². The van der Waals surface area contributed by atoms with E-state index in [1.807, 2.05) is 0 Å². The van der Waals surface area contributed by atoms with Gasteiger partial charge in [-0.15, -0.1) is 11.3 Å². The van der Waals surface area contributed by atoms with Crippen molar-refractivity contribution in [2.75, 3.05) is 19.7 Å². The number of carbonyl (C=O) groups excluding carboxylic acids is 1. The molecule has 1 saturated heterocycles. The van der Waals surface area contributed by atoms with Crippen LogP contribution in [-0.4, -0.2) is 52.7 Å². The zero-order valence-corrected chi connectivity index (χ0v) is 14.2. The Bertz CT molecular complexity index is 780. The zero-order chi connectivity index (χ0) is 17.8. The molecule has 2 aromatic rings. The second-order valence-corrected chi connectivity index (χ2v) is 6.68. The maximum atomic E-state index is 13.7. The first kappa shape index (κ1) is 17.5. The molecule has 1 aromatic carbocycles. The average Bonchev–Trinajstić information content (AvgIpc) is 3.04. The highest BCUT2D eigenvalue weighted by Gasteiger charge is 2.27. The van der Waals surface area contributed by atoms with Gasteiger partial charge in [0.25, 0.3) is 5.91 Å². The first-order chi connectivity index (χ1) is 12.0. The number of carboxylic acid groups (broad SMARTS) is 1. The number of morpholine rings is 1. The maximum Gasteiger partial charge on any atom is 0.306 e. The molecule has 1 unspecified atom stereocenters. The minimum atomic E-state index is -0.958. The molecule has 1 aromatic heterocycles. The molecule has 6 nitrogen and oxygen atoms in total. The van der Waals surface area contributed by atoms with Gasteiger partial charge in [-0.25, -0.2) is 9.37 Å². The molecule has 2 heterocycles. The Kier molecular flexibility index (Phi) is 5.40. The standard InChI is InChI=1S/C17H17FN2O4S/c18-13-4-2-1-3-11(13)7-15-19-14(10-25-15)17(23)20-5-6-24-12(9-20)8-16(21)22/h1-4,10,12H,5-9H2,(H,21,22). The molecule has 1 aliphatic heterocycles. The van der Waals surface area contributed by atoms with Crippen LogP contribution in [0.5, 0.6) is 0 Å². The third-order valence-corrected chi connectivity index (χ3v) is 4.75. The van der Waals surface area contributed by atoms with Crippen molar-refractivity contribution in [2.45, 2.75) is 18.9 Å². The van der Waals surface area contributed by atoms with Crippen molar-refractivity contribution < 1.29 is 23.8 Å². The lowest BCUT2D eigenvalue weighted by molar-refractivity contribution is -0.141. The summed E-state index contributed by atoms with van der Waals surface area (Å²) in [4.78, 5) is 29.2. The molecule has 0 spiro atoms.